The number of anilines is 1. The molecule has 3 rings (SSSR count). The fraction of sp³-hybridized carbons (Fsp3) is 0.429. The average Bonchev–Trinajstić information content (AvgIpc) is 3.16. The number of morpholine rings is 1. The zero-order valence-corrected chi connectivity index (χ0v) is 13.3. The summed E-state index contributed by atoms with van der Waals surface area (Å²) >= 11 is 1.15. The highest BCUT2D eigenvalue weighted by atomic mass is 32.1. The smallest absolute Gasteiger partial charge is 0.378 e. The molecular weight excluding hydrogens is 371 g/mol. The van der Waals surface area contributed by atoms with E-state index in [0.29, 0.717) is 31.2 Å². The van der Waals surface area contributed by atoms with E-state index in [-0.39, 0.29) is 0 Å². The number of thiophene rings is 1. The van der Waals surface area contributed by atoms with Crippen molar-refractivity contribution >= 4 is 34.1 Å². The minimum absolute atomic E-state index is 0.334. The molecule has 0 spiro atoms. The van der Waals surface area contributed by atoms with Gasteiger partial charge in [0.25, 0.3) is 0 Å². The Labute approximate surface area is 142 Å². The maximum atomic E-state index is 13.5. The standard InChI is InChI=1S/C14H11F5N2O3S/c15-13(16,14(17,18)19)11-9(12(22)24-20-11)7-8-1-2-10(25-8)21-3-5-23-6-4-21/h1-2,7H,3-6H2. The first-order valence-corrected chi connectivity index (χ1v) is 7.91. The predicted molar refractivity (Wildman–Crippen MR) is 79.9 cm³/mol. The Balaban J connectivity index is 1.88. The van der Waals surface area contributed by atoms with Crippen molar-refractivity contribution in [2.24, 2.45) is 5.16 Å². The molecule has 0 amide bonds. The van der Waals surface area contributed by atoms with Crippen molar-refractivity contribution in [2.45, 2.75) is 12.1 Å². The van der Waals surface area contributed by atoms with Crippen LogP contribution in [-0.2, 0) is 14.4 Å². The van der Waals surface area contributed by atoms with E-state index in [1.165, 1.54) is 6.07 Å². The Morgan fingerprint density at radius 2 is 1.84 bits per heavy atom. The number of alkyl halides is 5. The molecule has 1 aromatic rings. The van der Waals surface area contributed by atoms with Crippen LogP contribution in [0.4, 0.5) is 27.0 Å². The molecule has 1 fully saturated rings. The first kappa shape index (κ1) is 17.8. The maximum absolute atomic E-state index is 13.5. The summed E-state index contributed by atoms with van der Waals surface area (Å²) in [4.78, 5) is 17.9. The van der Waals surface area contributed by atoms with Crippen molar-refractivity contribution in [1.29, 1.82) is 0 Å². The Hall–Kier alpha value is -2.01. The molecule has 0 bridgehead atoms. The maximum Gasteiger partial charge on any atom is 0.459 e. The van der Waals surface area contributed by atoms with E-state index < -0.39 is 29.4 Å². The second kappa shape index (κ2) is 6.37. The van der Waals surface area contributed by atoms with Gasteiger partial charge in [0.05, 0.1) is 23.8 Å². The molecule has 0 unspecified atom stereocenters. The predicted octanol–water partition coefficient (Wildman–Crippen LogP) is 3.08. The van der Waals surface area contributed by atoms with E-state index in [4.69, 9.17) is 4.74 Å². The summed E-state index contributed by atoms with van der Waals surface area (Å²) < 4.78 is 69.8. The van der Waals surface area contributed by atoms with E-state index in [0.717, 1.165) is 22.4 Å². The third kappa shape index (κ3) is 3.38. The van der Waals surface area contributed by atoms with Crippen LogP contribution in [0.15, 0.2) is 22.9 Å². The lowest BCUT2D eigenvalue weighted by Crippen LogP contribution is -2.44. The monoisotopic (exact) mass is 382 g/mol. The van der Waals surface area contributed by atoms with E-state index in [1.807, 2.05) is 4.90 Å². The molecule has 0 N–H and O–H groups in total. The van der Waals surface area contributed by atoms with Crippen LogP contribution in [0, 0.1) is 0 Å². The zero-order chi connectivity index (χ0) is 18.2. The molecule has 0 radical (unpaired) electrons. The van der Waals surface area contributed by atoms with E-state index in [1.54, 1.807) is 6.07 Å². The molecule has 0 aromatic carbocycles. The Morgan fingerprint density at radius 1 is 1.16 bits per heavy atom. The molecule has 5 nitrogen and oxygen atoms in total. The average molecular weight is 382 g/mol. The zero-order valence-electron chi connectivity index (χ0n) is 12.5. The number of hydrogen-bond donors (Lipinski definition) is 0. The fourth-order valence-corrected chi connectivity index (χ4v) is 3.29. The van der Waals surface area contributed by atoms with Crippen LogP contribution in [0.25, 0.3) is 6.08 Å². The first-order chi connectivity index (χ1) is 11.7. The topological polar surface area (TPSA) is 51.1 Å². The Kier molecular flexibility index (Phi) is 4.54. The number of carbonyl (C=O) groups excluding carboxylic acids is 1. The molecule has 0 aliphatic carbocycles. The van der Waals surface area contributed by atoms with E-state index in [9.17, 15) is 26.7 Å². The number of hydrogen-bond acceptors (Lipinski definition) is 6. The summed E-state index contributed by atoms with van der Waals surface area (Å²) in [5, 5.41) is 3.43. The van der Waals surface area contributed by atoms with E-state index in [2.05, 4.69) is 9.99 Å². The van der Waals surface area contributed by atoms with Crippen LogP contribution in [0.1, 0.15) is 4.88 Å². The summed E-state index contributed by atoms with van der Waals surface area (Å²) in [6.07, 6.45) is -4.95. The third-order valence-electron chi connectivity index (χ3n) is 3.57. The Bertz CT molecular complexity index is 735. The summed E-state index contributed by atoms with van der Waals surface area (Å²) in [6, 6.07) is 3.22. The molecule has 2 aliphatic rings. The van der Waals surface area contributed by atoms with E-state index >= 15 is 0 Å². The van der Waals surface area contributed by atoms with Crippen LogP contribution in [-0.4, -0.2) is 50.1 Å². The molecule has 136 valence electrons. The van der Waals surface area contributed by atoms with Crippen LogP contribution in [0.3, 0.4) is 0 Å². The van der Waals surface area contributed by atoms with Crippen molar-refractivity contribution < 1.29 is 36.3 Å². The van der Waals surface area contributed by atoms with Gasteiger partial charge in [-0.05, 0) is 18.2 Å². The van der Waals surface area contributed by atoms with Gasteiger partial charge in [0.15, 0.2) is 5.71 Å². The van der Waals surface area contributed by atoms with Gasteiger partial charge >= 0.3 is 18.1 Å². The minimum Gasteiger partial charge on any atom is -0.378 e. The van der Waals surface area contributed by atoms with Gasteiger partial charge in [0, 0.05) is 18.0 Å². The van der Waals surface area contributed by atoms with Crippen molar-refractivity contribution in [3.05, 3.63) is 22.6 Å². The summed E-state index contributed by atoms with van der Waals surface area (Å²) in [7, 11) is 0. The number of nitrogens with zero attached hydrogens (tertiary/aromatic N) is 2. The van der Waals surface area contributed by atoms with Crippen molar-refractivity contribution in [3.63, 3.8) is 0 Å². The van der Waals surface area contributed by atoms with Crippen LogP contribution < -0.4 is 4.90 Å². The van der Waals surface area contributed by atoms with Crippen LogP contribution in [0.2, 0.25) is 0 Å². The molecular formula is C14H11F5N2O3S. The van der Waals surface area contributed by atoms with Gasteiger partial charge in [-0.1, -0.05) is 5.16 Å². The highest BCUT2D eigenvalue weighted by Gasteiger charge is 2.64. The summed E-state index contributed by atoms with van der Waals surface area (Å²) in [5.74, 6) is -6.63. The molecule has 3 heterocycles. The van der Waals surface area contributed by atoms with Gasteiger partial charge in [0.2, 0.25) is 0 Å². The molecule has 1 saturated heterocycles. The largest absolute Gasteiger partial charge is 0.459 e. The SMILES string of the molecule is O=C1ON=C(C(F)(F)C(F)(F)F)C1=Cc1ccc(N2CCOCC2)s1. The highest BCUT2D eigenvalue weighted by Crippen LogP contribution is 2.41. The van der Waals surface area contributed by atoms with Gasteiger partial charge in [0.1, 0.15) is 0 Å². The van der Waals surface area contributed by atoms with Crippen LogP contribution >= 0.6 is 11.3 Å². The second-order valence-electron chi connectivity index (χ2n) is 5.22. The van der Waals surface area contributed by atoms with Gasteiger partial charge in [-0.25, -0.2) is 4.79 Å². The highest BCUT2D eigenvalue weighted by molar-refractivity contribution is 7.17. The van der Waals surface area contributed by atoms with Gasteiger partial charge in [-0.3, -0.25) is 0 Å². The van der Waals surface area contributed by atoms with Crippen molar-refractivity contribution in [2.75, 3.05) is 31.2 Å². The minimum atomic E-state index is -5.88. The summed E-state index contributed by atoms with van der Waals surface area (Å²) in [6.45, 7) is 2.35. The van der Waals surface area contributed by atoms with Crippen LogP contribution in [0.5, 0.6) is 0 Å². The normalized spacial score (nSPS) is 20.8. The molecule has 0 saturated carbocycles. The number of ether oxygens (including phenoxy) is 1. The second-order valence-corrected chi connectivity index (χ2v) is 6.32. The van der Waals surface area contributed by atoms with Gasteiger partial charge in [-0.2, -0.15) is 22.0 Å². The van der Waals surface area contributed by atoms with Gasteiger partial charge in [-0.15, -0.1) is 11.3 Å². The van der Waals surface area contributed by atoms with Crippen molar-refractivity contribution in [3.8, 4) is 0 Å². The molecule has 0 atom stereocenters. The quantitative estimate of drug-likeness (QED) is 0.458. The molecule has 25 heavy (non-hydrogen) atoms. The number of rotatable bonds is 3. The number of halogens is 5. The lowest BCUT2D eigenvalue weighted by atomic mass is 10.0. The number of oxime groups is 1. The number of carbonyl (C=O) groups is 1. The molecule has 2 aliphatic heterocycles. The first-order valence-electron chi connectivity index (χ1n) is 7.09. The lowest BCUT2D eigenvalue weighted by molar-refractivity contribution is -0.249. The fourth-order valence-electron chi connectivity index (χ4n) is 2.29. The van der Waals surface area contributed by atoms with Crippen molar-refractivity contribution in [1.82, 2.24) is 0 Å². The lowest BCUT2D eigenvalue weighted by Gasteiger charge is -2.27. The molecule has 11 heteroatoms. The third-order valence-corrected chi connectivity index (χ3v) is 4.66. The molecule has 1 aromatic heterocycles. The summed E-state index contributed by atoms with van der Waals surface area (Å²) in [5.41, 5.74) is -2.64. The van der Waals surface area contributed by atoms with Gasteiger partial charge < -0.3 is 14.5 Å². The Morgan fingerprint density at radius 3 is 2.48 bits per heavy atom.